The number of esters is 1. The van der Waals surface area contributed by atoms with Gasteiger partial charge in [-0.25, -0.2) is 0 Å². The summed E-state index contributed by atoms with van der Waals surface area (Å²) in [6.45, 7) is 10.7. The topological polar surface area (TPSA) is 26.3 Å². The van der Waals surface area contributed by atoms with Gasteiger partial charge in [-0.1, -0.05) is 72.0 Å². The predicted molar refractivity (Wildman–Crippen MR) is 101 cm³/mol. The third-order valence-corrected chi connectivity index (χ3v) is 4.49. The van der Waals surface area contributed by atoms with Crippen LogP contribution in [0.1, 0.15) is 98.8 Å². The normalized spacial score (nSPS) is 14.3. The van der Waals surface area contributed by atoms with Gasteiger partial charge in [0.1, 0.15) is 6.10 Å². The largest absolute Gasteiger partial charge is 0.462 e. The van der Waals surface area contributed by atoms with E-state index in [0.29, 0.717) is 12.3 Å². The number of rotatable bonds is 14. The van der Waals surface area contributed by atoms with E-state index >= 15 is 0 Å². The molecular formula is C21H40O2. The summed E-state index contributed by atoms with van der Waals surface area (Å²) in [4.78, 5) is 11.6. The molecule has 2 nitrogen and oxygen atoms in total. The van der Waals surface area contributed by atoms with E-state index in [1.807, 2.05) is 6.92 Å². The van der Waals surface area contributed by atoms with E-state index in [9.17, 15) is 4.79 Å². The Labute approximate surface area is 145 Å². The fourth-order valence-electron chi connectivity index (χ4n) is 2.42. The molecule has 0 radical (unpaired) electrons. The summed E-state index contributed by atoms with van der Waals surface area (Å²) in [6.07, 6.45) is 16.4. The molecule has 0 saturated carbocycles. The average Bonchev–Trinajstić information content (AvgIpc) is 2.50. The van der Waals surface area contributed by atoms with E-state index in [2.05, 4.69) is 39.8 Å². The van der Waals surface area contributed by atoms with E-state index in [4.69, 9.17) is 4.74 Å². The standard InChI is InChI=1S/C21H40O2/c1-6-7-15-19(4)16-13-11-9-8-10-12-14-17-21(22)23-20(5)18(2)3/h13,16,18-20H,6-12,14-15,17H2,1-5H3/b16-13+. The molecule has 2 atom stereocenters. The van der Waals surface area contributed by atoms with E-state index in [1.54, 1.807) is 0 Å². The van der Waals surface area contributed by atoms with Gasteiger partial charge >= 0.3 is 5.97 Å². The van der Waals surface area contributed by atoms with E-state index in [-0.39, 0.29) is 12.1 Å². The first kappa shape index (κ1) is 22.2. The van der Waals surface area contributed by atoms with Crippen molar-refractivity contribution in [2.24, 2.45) is 11.8 Å². The molecule has 0 aromatic rings. The molecule has 0 aromatic heterocycles. The maximum absolute atomic E-state index is 11.6. The van der Waals surface area contributed by atoms with E-state index in [1.165, 1.54) is 44.9 Å². The zero-order valence-corrected chi connectivity index (χ0v) is 16.3. The van der Waals surface area contributed by atoms with Crippen molar-refractivity contribution in [3.05, 3.63) is 12.2 Å². The lowest BCUT2D eigenvalue weighted by Gasteiger charge is -2.16. The van der Waals surface area contributed by atoms with Gasteiger partial charge in [0.2, 0.25) is 0 Å². The van der Waals surface area contributed by atoms with Gasteiger partial charge in [0.05, 0.1) is 0 Å². The Kier molecular flexibility index (Phi) is 14.3. The van der Waals surface area contributed by atoms with Crippen molar-refractivity contribution in [3.8, 4) is 0 Å². The van der Waals surface area contributed by atoms with Crippen molar-refractivity contribution < 1.29 is 9.53 Å². The van der Waals surface area contributed by atoms with Crippen LogP contribution in [0.3, 0.4) is 0 Å². The summed E-state index contributed by atoms with van der Waals surface area (Å²) in [5.74, 6) is 1.10. The van der Waals surface area contributed by atoms with Gasteiger partial charge in [-0.3, -0.25) is 4.79 Å². The maximum atomic E-state index is 11.6. The Hall–Kier alpha value is -0.790. The number of ether oxygens (including phenoxy) is 1. The molecule has 0 aliphatic rings. The third-order valence-electron chi connectivity index (χ3n) is 4.49. The highest BCUT2D eigenvalue weighted by atomic mass is 16.5. The summed E-state index contributed by atoms with van der Waals surface area (Å²) >= 11 is 0. The van der Waals surface area contributed by atoms with Crippen LogP contribution in [-0.4, -0.2) is 12.1 Å². The SMILES string of the molecule is CCCCC(C)/C=C/CCCCCCCC(=O)OC(C)C(C)C. The van der Waals surface area contributed by atoms with Crippen LogP contribution in [0.2, 0.25) is 0 Å². The highest BCUT2D eigenvalue weighted by molar-refractivity contribution is 5.69. The van der Waals surface area contributed by atoms with Crippen molar-refractivity contribution in [2.75, 3.05) is 0 Å². The second kappa shape index (κ2) is 14.8. The molecule has 2 heteroatoms. The quantitative estimate of drug-likeness (QED) is 0.202. The van der Waals surface area contributed by atoms with Crippen molar-refractivity contribution in [2.45, 2.75) is 105 Å². The van der Waals surface area contributed by atoms with Gasteiger partial charge in [0.25, 0.3) is 0 Å². The molecule has 0 aliphatic carbocycles. The molecule has 0 aliphatic heterocycles. The number of allylic oxidation sites excluding steroid dienone is 2. The van der Waals surface area contributed by atoms with Gasteiger partial charge in [-0.05, 0) is 44.4 Å². The van der Waals surface area contributed by atoms with E-state index in [0.717, 1.165) is 18.8 Å². The van der Waals surface area contributed by atoms with Crippen LogP contribution in [-0.2, 0) is 9.53 Å². The van der Waals surface area contributed by atoms with Crippen molar-refractivity contribution in [1.82, 2.24) is 0 Å². The van der Waals surface area contributed by atoms with Gasteiger partial charge in [-0.2, -0.15) is 0 Å². The number of hydrogen-bond acceptors (Lipinski definition) is 2. The average molecular weight is 325 g/mol. The highest BCUT2D eigenvalue weighted by Gasteiger charge is 2.12. The zero-order chi connectivity index (χ0) is 17.5. The van der Waals surface area contributed by atoms with Crippen LogP contribution in [0.5, 0.6) is 0 Å². The smallest absolute Gasteiger partial charge is 0.306 e. The molecule has 136 valence electrons. The molecule has 0 saturated heterocycles. The lowest BCUT2D eigenvalue weighted by atomic mass is 10.0. The minimum atomic E-state index is -0.0322. The van der Waals surface area contributed by atoms with Crippen molar-refractivity contribution >= 4 is 5.97 Å². The number of unbranched alkanes of at least 4 members (excludes halogenated alkanes) is 6. The molecule has 0 N–H and O–H groups in total. The van der Waals surface area contributed by atoms with Gasteiger partial charge in [0.15, 0.2) is 0 Å². The second-order valence-electron chi connectivity index (χ2n) is 7.29. The fourth-order valence-corrected chi connectivity index (χ4v) is 2.42. The zero-order valence-electron chi connectivity index (χ0n) is 16.3. The molecular weight excluding hydrogens is 284 g/mol. The molecule has 0 bridgehead atoms. The molecule has 0 fully saturated rings. The molecule has 23 heavy (non-hydrogen) atoms. The van der Waals surface area contributed by atoms with Crippen molar-refractivity contribution in [1.29, 1.82) is 0 Å². The van der Waals surface area contributed by atoms with Crippen molar-refractivity contribution in [3.63, 3.8) is 0 Å². The minimum Gasteiger partial charge on any atom is -0.462 e. The van der Waals surface area contributed by atoms with Crippen LogP contribution in [0.15, 0.2) is 12.2 Å². The minimum absolute atomic E-state index is 0.0322. The first-order valence-electron chi connectivity index (χ1n) is 9.83. The Balaban J connectivity index is 3.43. The first-order valence-corrected chi connectivity index (χ1v) is 9.83. The van der Waals surface area contributed by atoms with Crippen LogP contribution >= 0.6 is 0 Å². The molecule has 0 heterocycles. The summed E-state index contributed by atoms with van der Waals surface area (Å²) in [5.41, 5.74) is 0. The Bertz CT molecular complexity index is 307. The first-order chi connectivity index (χ1) is 11.0. The highest BCUT2D eigenvalue weighted by Crippen LogP contribution is 2.12. The third kappa shape index (κ3) is 14.5. The molecule has 2 unspecified atom stereocenters. The molecule has 0 rings (SSSR count). The summed E-state index contributed by atoms with van der Waals surface area (Å²) in [5, 5.41) is 0. The lowest BCUT2D eigenvalue weighted by molar-refractivity contribution is -0.150. The Morgan fingerprint density at radius 2 is 1.61 bits per heavy atom. The Morgan fingerprint density at radius 1 is 0.957 bits per heavy atom. The van der Waals surface area contributed by atoms with Crippen LogP contribution in [0, 0.1) is 11.8 Å². The number of carbonyl (C=O) groups is 1. The molecule has 0 spiro atoms. The maximum Gasteiger partial charge on any atom is 0.306 e. The van der Waals surface area contributed by atoms with Gasteiger partial charge in [-0.15, -0.1) is 0 Å². The predicted octanol–water partition coefficient (Wildman–Crippen LogP) is 6.69. The summed E-state index contributed by atoms with van der Waals surface area (Å²) < 4.78 is 5.37. The molecule has 0 amide bonds. The summed E-state index contributed by atoms with van der Waals surface area (Å²) in [7, 11) is 0. The van der Waals surface area contributed by atoms with Crippen LogP contribution in [0.4, 0.5) is 0 Å². The van der Waals surface area contributed by atoms with Crippen LogP contribution < -0.4 is 0 Å². The monoisotopic (exact) mass is 324 g/mol. The molecule has 0 aromatic carbocycles. The number of hydrogen-bond donors (Lipinski definition) is 0. The fraction of sp³-hybridized carbons (Fsp3) is 0.857. The van der Waals surface area contributed by atoms with Gasteiger partial charge < -0.3 is 4.74 Å². The summed E-state index contributed by atoms with van der Waals surface area (Å²) in [6, 6.07) is 0. The van der Waals surface area contributed by atoms with Gasteiger partial charge in [0, 0.05) is 6.42 Å². The Morgan fingerprint density at radius 3 is 2.26 bits per heavy atom. The number of carbonyl (C=O) groups excluding carboxylic acids is 1. The second-order valence-corrected chi connectivity index (χ2v) is 7.29. The van der Waals surface area contributed by atoms with E-state index < -0.39 is 0 Å². The van der Waals surface area contributed by atoms with Crippen LogP contribution in [0.25, 0.3) is 0 Å². The lowest BCUT2D eigenvalue weighted by Crippen LogP contribution is -2.19.